The monoisotopic (exact) mass is 346 g/mol. The van der Waals surface area contributed by atoms with Gasteiger partial charge in [0.25, 0.3) is 0 Å². The molecule has 1 atom stereocenters. The van der Waals surface area contributed by atoms with Gasteiger partial charge in [-0.25, -0.2) is 0 Å². The molecule has 0 saturated carbocycles. The number of aliphatic imine (C=N–C) groups is 1. The van der Waals surface area contributed by atoms with E-state index in [9.17, 15) is 0 Å². The van der Waals surface area contributed by atoms with Crippen LogP contribution in [0.5, 0.6) is 5.75 Å². The van der Waals surface area contributed by atoms with Gasteiger partial charge < -0.3 is 20.3 Å². The van der Waals surface area contributed by atoms with Gasteiger partial charge in [-0.3, -0.25) is 4.99 Å². The molecule has 140 valence electrons. The summed E-state index contributed by atoms with van der Waals surface area (Å²) in [6.07, 6.45) is 3.49. The second-order valence-electron chi connectivity index (χ2n) is 6.70. The molecular formula is C20H34N4O. The van der Waals surface area contributed by atoms with Gasteiger partial charge in [0.1, 0.15) is 5.75 Å². The summed E-state index contributed by atoms with van der Waals surface area (Å²) in [7, 11) is 1.70. The van der Waals surface area contributed by atoms with Crippen molar-refractivity contribution in [2.24, 2.45) is 10.9 Å². The topological polar surface area (TPSA) is 48.9 Å². The molecule has 1 aliphatic heterocycles. The number of benzene rings is 1. The summed E-state index contributed by atoms with van der Waals surface area (Å²) in [6, 6.07) is 8.25. The van der Waals surface area contributed by atoms with Crippen LogP contribution in [-0.4, -0.2) is 57.2 Å². The van der Waals surface area contributed by atoms with Crippen LogP contribution in [0.25, 0.3) is 0 Å². The quantitative estimate of drug-likeness (QED) is 0.533. The second kappa shape index (κ2) is 11.0. The molecule has 1 unspecified atom stereocenters. The Hall–Kier alpha value is -1.75. The van der Waals surface area contributed by atoms with Gasteiger partial charge >= 0.3 is 0 Å². The molecule has 1 aromatic rings. The van der Waals surface area contributed by atoms with Crippen molar-refractivity contribution >= 4 is 5.96 Å². The van der Waals surface area contributed by atoms with Crippen LogP contribution in [-0.2, 0) is 6.42 Å². The van der Waals surface area contributed by atoms with Gasteiger partial charge in [-0.15, -0.1) is 0 Å². The number of nitrogens with zero attached hydrogens (tertiary/aromatic N) is 2. The fourth-order valence-electron chi connectivity index (χ4n) is 3.26. The highest BCUT2D eigenvalue weighted by molar-refractivity contribution is 5.79. The van der Waals surface area contributed by atoms with Gasteiger partial charge in [-0.2, -0.15) is 0 Å². The molecule has 1 saturated heterocycles. The maximum atomic E-state index is 5.20. The van der Waals surface area contributed by atoms with E-state index >= 15 is 0 Å². The van der Waals surface area contributed by atoms with Crippen LogP contribution >= 0.6 is 0 Å². The van der Waals surface area contributed by atoms with E-state index in [-0.39, 0.29) is 0 Å². The molecule has 1 heterocycles. The Labute approximate surface area is 152 Å². The van der Waals surface area contributed by atoms with E-state index in [0.29, 0.717) is 5.92 Å². The molecule has 1 aromatic carbocycles. The van der Waals surface area contributed by atoms with Crippen molar-refractivity contribution in [2.75, 3.05) is 46.4 Å². The zero-order valence-corrected chi connectivity index (χ0v) is 16.1. The predicted octanol–water partition coefficient (Wildman–Crippen LogP) is 2.52. The summed E-state index contributed by atoms with van der Waals surface area (Å²) in [5.74, 6) is 2.54. The van der Waals surface area contributed by atoms with Crippen LogP contribution in [0.3, 0.4) is 0 Å². The summed E-state index contributed by atoms with van der Waals surface area (Å²) in [6.45, 7) is 10.7. The lowest BCUT2D eigenvalue weighted by Crippen LogP contribution is -2.38. The smallest absolute Gasteiger partial charge is 0.191 e. The zero-order valence-electron chi connectivity index (χ0n) is 16.1. The minimum atomic E-state index is 0.698. The Morgan fingerprint density at radius 3 is 2.72 bits per heavy atom. The molecule has 1 fully saturated rings. The van der Waals surface area contributed by atoms with Gasteiger partial charge in [0.05, 0.1) is 7.11 Å². The fraction of sp³-hybridized carbons (Fsp3) is 0.650. The van der Waals surface area contributed by atoms with Crippen LogP contribution < -0.4 is 15.4 Å². The van der Waals surface area contributed by atoms with E-state index in [2.05, 4.69) is 41.5 Å². The molecule has 0 aliphatic carbocycles. The summed E-state index contributed by atoms with van der Waals surface area (Å²) in [4.78, 5) is 7.36. The molecule has 1 aliphatic rings. The minimum absolute atomic E-state index is 0.698. The third-order valence-corrected chi connectivity index (χ3v) is 4.63. The Kier molecular flexibility index (Phi) is 8.60. The lowest BCUT2D eigenvalue weighted by molar-refractivity contribution is 0.326. The lowest BCUT2D eigenvalue weighted by atomic mass is 10.1. The Balaban J connectivity index is 1.75. The first kappa shape index (κ1) is 19.6. The SMILES string of the molecule is CCCN1CCC(CN=C(NCC)NCCc2ccc(OC)cc2)C1. The number of ether oxygens (including phenoxy) is 1. The first-order valence-corrected chi connectivity index (χ1v) is 9.62. The van der Waals surface area contributed by atoms with E-state index in [0.717, 1.165) is 37.8 Å². The normalized spacial score (nSPS) is 18.4. The van der Waals surface area contributed by atoms with Crippen LogP contribution in [0.1, 0.15) is 32.3 Å². The van der Waals surface area contributed by atoms with E-state index < -0.39 is 0 Å². The minimum Gasteiger partial charge on any atom is -0.497 e. The molecular weight excluding hydrogens is 312 g/mol. The Morgan fingerprint density at radius 2 is 2.04 bits per heavy atom. The largest absolute Gasteiger partial charge is 0.497 e. The van der Waals surface area contributed by atoms with Crippen LogP contribution in [0.15, 0.2) is 29.3 Å². The second-order valence-corrected chi connectivity index (χ2v) is 6.70. The van der Waals surface area contributed by atoms with Crippen molar-refractivity contribution in [1.82, 2.24) is 15.5 Å². The van der Waals surface area contributed by atoms with Gasteiger partial charge in [-0.1, -0.05) is 19.1 Å². The summed E-state index contributed by atoms with van der Waals surface area (Å²) in [5.41, 5.74) is 1.30. The predicted molar refractivity (Wildman–Crippen MR) is 106 cm³/mol. The molecule has 0 radical (unpaired) electrons. The molecule has 0 spiro atoms. The zero-order chi connectivity index (χ0) is 17.9. The Morgan fingerprint density at radius 1 is 1.24 bits per heavy atom. The van der Waals surface area contributed by atoms with Crippen LogP contribution in [0.4, 0.5) is 0 Å². The van der Waals surface area contributed by atoms with E-state index in [1.807, 2.05) is 12.1 Å². The molecule has 0 amide bonds. The number of likely N-dealkylation sites (tertiary alicyclic amines) is 1. The average molecular weight is 347 g/mol. The molecule has 2 N–H and O–H groups in total. The van der Waals surface area contributed by atoms with Crippen molar-refractivity contribution in [1.29, 1.82) is 0 Å². The first-order valence-electron chi connectivity index (χ1n) is 9.62. The Bertz CT molecular complexity index is 515. The number of hydrogen-bond acceptors (Lipinski definition) is 3. The summed E-state index contributed by atoms with van der Waals surface area (Å²) < 4.78 is 5.20. The third-order valence-electron chi connectivity index (χ3n) is 4.63. The summed E-state index contributed by atoms with van der Waals surface area (Å²) in [5, 5.41) is 6.80. The first-order chi connectivity index (χ1) is 12.2. The van der Waals surface area contributed by atoms with Gasteiger partial charge in [0.2, 0.25) is 0 Å². The highest BCUT2D eigenvalue weighted by atomic mass is 16.5. The maximum Gasteiger partial charge on any atom is 0.191 e. The molecule has 5 heteroatoms. The molecule has 0 bridgehead atoms. The molecule has 25 heavy (non-hydrogen) atoms. The standard InChI is InChI=1S/C20H34N4O/c1-4-13-24-14-11-18(16-24)15-23-20(21-5-2)22-12-10-17-6-8-19(25-3)9-7-17/h6-9,18H,4-5,10-16H2,1-3H3,(H2,21,22,23). The lowest BCUT2D eigenvalue weighted by Gasteiger charge is -2.15. The van der Waals surface area contributed by atoms with E-state index in [1.165, 1.54) is 38.0 Å². The number of nitrogens with one attached hydrogen (secondary N) is 2. The number of rotatable bonds is 9. The average Bonchev–Trinajstić information content (AvgIpc) is 3.08. The maximum absolute atomic E-state index is 5.20. The molecule has 5 nitrogen and oxygen atoms in total. The summed E-state index contributed by atoms with van der Waals surface area (Å²) >= 11 is 0. The van der Waals surface area contributed by atoms with Gasteiger partial charge in [-0.05, 0) is 62.9 Å². The fourth-order valence-corrected chi connectivity index (χ4v) is 3.26. The highest BCUT2D eigenvalue weighted by Gasteiger charge is 2.21. The molecule has 2 rings (SSSR count). The van der Waals surface area contributed by atoms with Crippen molar-refractivity contribution in [3.05, 3.63) is 29.8 Å². The van der Waals surface area contributed by atoms with E-state index in [4.69, 9.17) is 9.73 Å². The van der Waals surface area contributed by atoms with Crippen molar-refractivity contribution in [3.63, 3.8) is 0 Å². The highest BCUT2D eigenvalue weighted by Crippen LogP contribution is 2.16. The third kappa shape index (κ3) is 6.94. The van der Waals surface area contributed by atoms with Gasteiger partial charge in [0, 0.05) is 26.2 Å². The van der Waals surface area contributed by atoms with Crippen molar-refractivity contribution in [3.8, 4) is 5.75 Å². The number of hydrogen-bond donors (Lipinski definition) is 2. The van der Waals surface area contributed by atoms with Crippen molar-refractivity contribution in [2.45, 2.75) is 33.1 Å². The van der Waals surface area contributed by atoms with E-state index in [1.54, 1.807) is 7.11 Å². The number of guanidine groups is 1. The van der Waals surface area contributed by atoms with Gasteiger partial charge in [0.15, 0.2) is 5.96 Å². The van der Waals surface area contributed by atoms with Crippen molar-refractivity contribution < 1.29 is 4.74 Å². The number of methoxy groups -OCH3 is 1. The molecule has 0 aromatic heterocycles. The van der Waals surface area contributed by atoms with Crippen LogP contribution in [0.2, 0.25) is 0 Å². The van der Waals surface area contributed by atoms with Crippen LogP contribution in [0, 0.1) is 5.92 Å².